The van der Waals surface area contributed by atoms with Gasteiger partial charge in [-0.25, -0.2) is 19.9 Å². The Hall–Kier alpha value is -3.12. The molecule has 0 amide bonds. The SMILES string of the molecule is CC(C)N(C[C@H]1OC(n2cnc3c(N)ncnc32)[C@H](O)[C@@H]1O)[C@H]1C[C@@H](CCc2nc3cc(C(C)(C)C)ccc3[nH]2)C1. The van der Waals surface area contributed by atoms with E-state index in [0.717, 1.165) is 42.5 Å². The van der Waals surface area contributed by atoms with Crippen LogP contribution < -0.4 is 5.73 Å². The maximum atomic E-state index is 10.9. The number of benzene rings is 1. The van der Waals surface area contributed by atoms with Crippen LogP contribution in [0.5, 0.6) is 0 Å². The average molecular weight is 563 g/mol. The number of H-pyrrole nitrogens is 1. The molecule has 1 unspecified atom stereocenters. The molecule has 2 fully saturated rings. The summed E-state index contributed by atoms with van der Waals surface area (Å²) in [6.45, 7) is 11.6. The largest absolute Gasteiger partial charge is 0.387 e. The molecule has 1 saturated heterocycles. The maximum absolute atomic E-state index is 10.9. The number of nitrogens with two attached hydrogens (primary N) is 1. The van der Waals surface area contributed by atoms with Gasteiger partial charge in [0.25, 0.3) is 0 Å². The molecule has 1 aliphatic heterocycles. The molecule has 41 heavy (non-hydrogen) atoms. The molecular weight excluding hydrogens is 520 g/mol. The first kappa shape index (κ1) is 28.0. The Morgan fingerprint density at radius 3 is 2.66 bits per heavy atom. The van der Waals surface area contributed by atoms with Crippen LogP contribution in [0.1, 0.15) is 71.5 Å². The summed E-state index contributed by atoms with van der Waals surface area (Å²) in [6, 6.07) is 7.23. The summed E-state index contributed by atoms with van der Waals surface area (Å²) in [7, 11) is 0. The molecule has 3 aromatic heterocycles. The minimum Gasteiger partial charge on any atom is -0.387 e. The zero-order valence-electron chi connectivity index (χ0n) is 24.5. The number of aromatic nitrogens is 6. The van der Waals surface area contributed by atoms with Crippen LogP contribution in [-0.2, 0) is 16.6 Å². The summed E-state index contributed by atoms with van der Waals surface area (Å²) >= 11 is 0. The molecule has 1 aromatic carbocycles. The summed E-state index contributed by atoms with van der Waals surface area (Å²) in [6.07, 6.45) is 3.63. The van der Waals surface area contributed by atoms with Gasteiger partial charge in [0.05, 0.1) is 17.4 Å². The number of rotatable bonds is 8. The van der Waals surface area contributed by atoms with Crippen LogP contribution in [0.3, 0.4) is 0 Å². The molecule has 0 bridgehead atoms. The number of anilines is 1. The predicted molar refractivity (Wildman–Crippen MR) is 157 cm³/mol. The van der Waals surface area contributed by atoms with Crippen molar-refractivity contribution in [2.75, 3.05) is 12.3 Å². The highest BCUT2D eigenvalue weighted by Gasteiger charge is 2.46. The van der Waals surface area contributed by atoms with E-state index >= 15 is 0 Å². The van der Waals surface area contributed by atoms with Crippen LogP contribution in [-0.4, -0.2) is 81.5 Å². The summed E-state index contributed by atoms with van der Waals surface area (Å²) < 4.78 is 7.86. The van der Waals surface area contributed by atoms with Crippen LogP contribution in [0.15, 0.2) is 30.9 Å². The number of aryl methyl sites for hydroxylation is 1. The Morgan fingerprint density at radius 1 is 1.15 bits per heavy atom. The molecular formula is C30H42N8O3. The van der Waals surface area contributed by atoms with Crippen LogP contribution in [0.25, 0.3) is 22.2 Å². The average Bonchev–Trinajstić information content (AvgIpc) is 3.58. The molecule has 2 aliphatic rings. The van der Waals surface area contributed by atoms with E-state index in [1.165, 1.54) is 18.2 Å². The minimum absolute atomic E-state index is 0.104. The first-order valence-corrected chi connectivity index (χ1v) is 14.7. The highest BCUT2D eigenvalue weighted by molar-refractivity contribution is 5.81. The van der Waals surface area contributed by atoms with Crippen molar-refractivity contribution < 1.29 is 14.9 Å². The van der Waals surface area contributed by atoms with Crippen molar-refractivity contribution in [3.05, 3.63) is 42.2 Å². The second-order valence-corrected chi connectivity index (χ2v) is 13.1. The standard InChI is InChI=1S/C30H42N8O3/c1-16(2)37(13-22-25(39)26(40)29(41-22)38-15-34-24-27(31)32-14-33-28(24)38)19-10-17(11-19)6-9-23-35-20-8-7-18(30(3,4)5)12-21(20)36-23/h7-8,12,14-17,19,22,25-26,29,39-40H,6,9-11,13H2,1-5H3,(H,35,36)(H2,31,32,33)/t17-,19+,22-,25-,26-,29?/m1/s1. The van der Waals surface area contributed by atoms with E-state index in [4.69, 9.17) is 15.5 Å². The van der Waals surface area contributed by atoms with Gasteiger partial charge in [-0.3, -0.25) is 9.47 Å². The van der Waals surface area contributed by atoms with Crippen LogP contribution in [0.4, 0.5) is 5.82 Å². The van der Waals surface area contributed by atoms with Gasteiger partial charge in [0.1, 0.15) is 36.0 Å². The highest BCUT2D eigenvalue weighted by Crippen LogP contribution is 2.38. The third-order valence-electron chi connectivity index (χ3n) is 8.92. The fraction of sp³-hybridized carbons (Fsp3) is 0.600. The van der Waals surface area contributed by atoms with E-state index in [-0.39, 0.29) is 17.3 Å². The van der Waals surface area contributed by atoms with Crippen LogP contribution in [0.2, 0.25) is 0 Å². The van der Waals surface area contributed by atoms with Gasteiger partial charge in [0, 0.05) is 25.0 Å². The number of imidazole rings is 2. The number of fused-ring (bicyclic) bond motifs is 2. The first-order chi connectivity index (χ1) is 19.5. The fourth-order valence-corrected chi connectivity index (χ4v) is 6.35. The summed E-state index contributed by atoms with van der Waals surface area (Å²) in [4.78, 5) is 23.3. The number of nitrogens with one attached hydrogen (secondary N) is 1. The molecule has 1 aliphatic carbocycles. The first-order valence-electron chi connectivity index (χ1n) is 14.7. The molecule has 4 atom stereocenters. The Kier molecular flexibility index (Phi) is 7.25. The molecule has 11 heteroatoms. The van der Waals surface area contributed by atoms with Gasteiger partial charge in [0.2, 0.25) is 0 Å². The van der Waals surface area contributed by atoms with Crippen molar-refractivity contribution in [1.29, 1.82) is 0 Å². The number of hydrogen-bond donors (Lipinski definition) is 4. The number of aromatic amines is 1. The van der Waals surface area contributed by atoms with E-state index in [2.05, 4.69) is 77.7 Å². The van der Waals surface area contributed by atoms with Crippen molar-refractivity contribution in [3.63, 3.8) is 0 Å². The predicted octanol–water partition coefficient (Wildman–Crippen LogP) is 3.32. The number of nitrogen functional groups attached to an aromatic ring is 1. The summed E-state index contributed by atoms with van der Waals surface area (Å²) in [5.41, 5.74) is 10.4. The van der Waals surface area contributed by atoms with E-state index in [9.17, 15) is 10.2 Å². The molecule has 0 radical (unpaired) electrons. The molecule has 4 aromatic rings. The van der Waals surface area contributed by atoms with Gasteiger partial charge in [-0.2, -0.15) is 0 Å². The van der Waals surface area contributed by atoms with Gasteiger partial charge < -0.3 is 25.7 Å². The third-order valence-corrected chi connectivity index (χ3v) is 8.92. The number of hydrogen-bond acceptors (Lipinski definition) is 9. The Morgan fingerprint density at radius 2 is 1.93 bits per heavy atom. The van der Waals surface area contributed by atoms with Gasteiger partial charge >= 0.3 is 0 Å². The van der Waals surface area contributed by atoms with Crippen molar-refractivity contribution in [1.82, 2.24) is 34.4 Å². The third kappa shape index (κ3) is 5.31. The normalized spacial score (nSPS) is 27.0. The second kappa shape index (κ2) is 10.6. The van der Waals surface area contributed by atoms with Crippen molar-refractivity contribution in [2.24, 2.45) is 5.92 Å². The zero-order chi connectivity index (χ0) is 29.1. The summed E-state index contributed by atoms with van der Waals surface area (Å²) in [5, 5.41) is 21.8. The lowest BCUT2D eigenvalue weighted by Crippen LogP contribution is -2.52. The monoisotopic (exact) mass is 562 g/mol. The topological polar surface area (TPSA) is 151 Å². The molecule has 4 heterocycles. The fourth-order valence-electron chi connectivity index (χ4n) is 6.35. The Labute approximate surface area is 240 Å². The number of aliphatic hydroxyl groups is 2. The van der Waals surface area contributed by atoms with Crippen LogP contribution >= 0.6 is 0 Å². The lowest BCUT2D eigenvalue weighted by molar-refractivity contribution is -0.0620. The van der Waals surface area contributed by atoms with Gasteiger partial charge in [-0.05, 0) is 62.1 Å². The van der Waals surface area contributed by atoms with Gasteiger partial charge in [-0.1, -0.05) is 26.8 Å². The minimum atomic E-state index is -1.11. The number of nitrogens with zero attached hydrogens (tertiary/aromatic N) is 6. The molecule has 1 saturated carbocycles. The molecule has 6 rings (SSSR count). The zero-order valence-corrected chi connectivity index (χ0v) is 24.5. The lowest BCUT2D eigenvalue weighted by atomic mass is 9.76. The van der Waals surface area contributed by atoms with Gasteiger partial charge in [-0.15, -0.1) is 0 Å². The number of aliphatic hydroxyl groups excluding tert-OH is 2. The van der Waals surface area contributed by atoms with Crippen molar-refractivity contribution in [3.8, 4) is 0 Å². The van der Waals surface area contributed by atoms with E-state index in [0.29, 0.717) is 29.7 Å². The quantitative estimate of drug-likeness (QED) is 0.253. The second-order valence-electron chi connectivity index (χ2n) is 13.1. The van der Waals surface area contributed by atoms with Crippen LogP contribution in [0, 0.1) is 5.92 Å². The Bertz CT molecular complexity index is 1520. The molecule has 11 nitrogen and oxygen atoms in total. The Balaban J connectivity index is 1.06. The van der Waals surface area contributed by atoms with E-state index in [1.807, 2.05) is 0 Å². The molecule has 0 spiro atoms. The molecule has 5 N–H and O–H groups in total. The van der Waals surface area contributed by atoms with Crippen molar-refractivity contribution >= 4 is 28.0 Å². The van der Waals surface area contributed by atoms with Crippen molar-refractivity contribution in [2.45, 2.75) is 102 Å². The van der Waals surface area contributed by atoms with E-state index < -0.39 is 24.5 Å². The smallest absolute Gasteiger partial charge is 0.167 e. The highest BCUT2D eigenvalue weighted by atomic mass is 16.6. The van der Waals surface area contributed by atoms with Gasteiger partial charge in [0.15, 0.2) is 17.7 Å². The number of ether oxygens (including phenoxy) is 1. The van der Waals surface area contributed by atoms with E-state index in [1.54, 1.807) is 4.57 Å². The maximum Gasteiger partial charge on any atom is 0.167 e. The lowest BCUT2D eigenvalue weighted by Gasteiger charge is -2.46. The summed E-state index contributed by atoms with van der Waals surface area (Å²) in [5.74, 6) is 1.95. The molecule has 220 valence electrons.